The Hall–Kier alpha value is 1.14. The third-order valence-electron chi connectivity index (χ3n) is 3.79. The molecule has 2 fully saturated rings. The molecule has 0 radical (unpaired) electrons. The summed E-state index contributed by atoms with van der Waals surface area (Å²) < 4.78 is 2.50. The summed E-state index contributed by atoms with van der Waals surface area (Å²) in [5, 5.41) is 0. The maximum Gasteiger partial charge on any atom is 0.0753 e. The number of thiophene rings is 1. The van der Waals surface area contributed by atoms with Gasteiger partial charge in [0.25, 0.3) is 0 Å². The third-order valence-corrected chi connectivity index (χ3v) is 7.28. The zero-order valence-electron chi connectivity index (χ0n) is 8.05. The molecular formula is C11H11Br3S. The highest BCUT2D eigenvalue weighted by molar-refractivity contribution is 9.12. The maximum atomic E-state index is 3.89. The van der Waals surface area contributed by atoms with E-state index in [9.17, 15) is 0 Å². The lowest BCUT2D eigenvalue weighted by molar-refractivity contribution is 0.583. The normalized spacial score (nSPS) is 35.3. The predicted molar refractivity (Wildman–Crippen MR) is 75.7 cm³/mol. The summed E-state index contributed by atoms with van der Waals surface area (Å²) in [5.74, 6) is 2.93. The van der Waals surface area contributed by atoms with Crippen LogP contribution in [0.25, 0.3) is 0 Å². The summed E-state index contributed by atoms with van der Waals surface area (Å²) in [6, 6.07) is 2.25. The lowest BCUT2D eigenvalue weighted by Crippen LogP contribution is -1.97. The Kier molecular flexibility index (Phi) is 3.08. The fourth-order valence-corrected chi connectivity index (χ4v) is 7.59. The summed E-state index contributed by atoms with van der Waals surface area (Å²) in [4.78, 5) is 0.560. The topological polar surface area (TPSA) is 0 Å². The standard InChI is InChI=1S/C11H11Br3S/c12-8-4-7(11(14)15-8)10(13)9-5-2-1-3-6(5)9/h4-6,9-10H,1-3H2. The van der Waals surface area contributed by atoms with E-state index in [-0.39, 0.29) is 0 Å². The Morgan fingerprint density at radius 3 is 2.47 bits per heavy atom. The molecule has 0 aromatic carbocycles. The van der Waals surface area contributed by atoms with Crippen molar-refractivity contribution in [1.82, 2.24) is 0 Å². The van der Waals surface area contributed by atoms with Crippen molar-refractivity contribution in [3.63, 3.8) is 0 Å². The minimum atomic E-state index is 0.560. The predicted octanol–water partition coefficient (Wildman–Crippen LogP) is 5.76. The fourth-order valence-electron chi connectivity index (χ4n) is 3.06. The summed E-state index contributed by atoms with van der Waals surface area (Å²) in [5.41, 5.74) is 1.44. The lowest BCUT2D eigenvalue weighted by atomic mass is 10.1. The lowest BCUT2D eigenvalue weighted by Gasteiger charge is -2.10. The van der Waals surface area contributed by atoms with Gasteiger partial charge >= 0.3 is 0 Å². The van der Waals surface area contributed by atoms with Crippen molar-refractivity contribution in [2.24, 2.45) is 17.8 Å². The van der Waals surface area contributed by atoms with Gasteiger partial charge in [0.1, 0.15) is 0 Å². The Balaban J connectivity index is 1.80. The first-order chi connectivity index (χ1) is 7.18. The number of rotatable bonds is 2. The van der Waals surface area contributed by atoms with Crippen LogP contribution < -0.4 is 0 Å². The molecule has 82 valence electrons. The molecule has 2 aliphatic rings. The van der Waals surface area contributed by atoms with E-state index in [2.05, 4.69) is 53.9 Å². The van der Waals surface area contributed by atoms with Gasteiger partial charge in [-0.25, -0.2) is 0 Å². The molecule has 4 heteroatoms. The molecule has 0 N–H and O–H groups in total. The molecule has 15 heavy (non-hydrogen) atoms. The van der Waals surface area contributed by atoms with Crippen molar-refractivity contribution in [3.8, 4) is 0 Å². The molecule has 0 aliphatic heterocycles. The smallest absolute Gasteiger partial charge is 0.0753 e. The van der Waals surface area contributed by atoms with Gasteiger partial charge in [-0.05, 0) is 74.1 Å². The molecule has 0 amide bonds. The Morgan fingerprint density at radius 1 is 1.27 bits per heavy atom. The molecule has 2 aliphatic carbocycles. The van der Waals surface area contributed by atoms with Crippen LogP contribution in [-0.2, 0) is 0 Å². The Labute approximate surface area is 119 Å². The molecule has 3 unspecified atom stereocenters. The van der Waals surface area contributed by atoms with Crippen LogP contribution in [0.15, 0.2) is 13.6 Å². The highest BCUT2D eigenvalue weighted by Crippen LogP contribution is 2.65. The van der Waals surface area contributed by atoms with Gasteiger partial charge in [0.05, 0.1) is 7.57 Å². The monoisotopic (exact) mass is 412 g/mol. The third kappa shape index (κ3) is 1.90. The fraction of sp³-hybridized carbons (Fsp3) is 0.636. The molecule has 1 aromatic heterocycles. The first-order valence-corrected chi connectivity index (χ1v) is 8.59. The summed E-state index contributed by atoms with van der Waals surface area (Å²) in [6.07, 6.45) is 4.38. The zero-order chi connectivity index (χ0) is 10.6. The number of halogens is 3. The van der Waals surface area contributed by atoms with E-state index >= 15 is 0 Å². The van der Waals surface area contributed by atoms with Gasteiger partial charge in [-0.2, -0.15) is 0 Å². The van der Waals surface area contributed by atoms with E-state index < -0.39 is 0 Å². The van der Waals surface area contributed by atoms with Gasteiger partial charge in [-0.3, -0.25) is 0 Å². The van der Waals surface area contributed by atoms with Crippen molar-refractivity contribution in [2.45, 2.75) is 24.1 Å². The van der Waals surface area contributed by atoms with Crippen LogP contribution in [0.1, 0.15) is 29.7 Å². The van der Waals surface area contributed by atoms with Gasteiger partial charge in [0, 0.05) is 4.83 Å². The van der Waals surface area contributed by atoms with E-state index in [0.29, 0.717) is 4.83 Å². The van der Waals surface area contributed by atoms with Crippen molar-refractivity contribution < 1.29 is 0 Å². The van der Waals surface area contributed by atoms with Crippen molar-refractivity contribution in [3.05, 3.63) is 19.2 Å². The second-order valence-electron chi connectivity index (χ2n) is 4.52. The zero-order valence-corrected chi connectivity index (χ0v) is 13.6. The average Bonchev–Trinajstić information content (AvgIpc) is 2.58. The molecule has 1 aromatic rings. The number of hydrogen-bond donors (Lipinski definition) is 0. The SMILES string of the molecule is Brc1cc(C(Br)C2C3CCCC32)c(Br)s1. The van der Waals surface area contributed by atoms with E-state index in [1.807, 2.05) is 0 Å². The van der Waals surface area contributed by atoms with E-state index in [1.54, 1.807) is 11.3 Å². The maximum absolute atomic E-state index is 3.89. The van der Waals surface area contributed by atoms with E-state index in [4.69, 9.17) is 0 Å². The molecule has 3 atom stereocenters. The number of hydrogen-bond acceptors (Lipinski definition) is 1. The van der Waals surface area contributed by atoms with Gasteiger partial charge in [0.15, 0.2) is 0 Å². The van der Waals surface area contributed by atoms with Crippen LogP contribution in [-0.4, -0.2) is 0 Å². The number of fused-ring (bicyclic) bond motifs is 1. The molecule has 0 saturated heterocycles. The molecule has 0 spiro atoms. The minimum Gasteiger partial charge on any atom is -0.121 e. The van der Waals surface area contributed by atoms with Crippen LogP contribution in [0.5, 0.6) is 0 Å². The molecule has 2 saturated carbocycles. The van der Waals surface area contributed by atoms with Crippen molar-refractivity contribution in [2.75, 3.05) is 0 Å². The minimum absolute atomic E-state index is 0.560. The van der Waals surface area contributed by atoms with Crippen molar-refractivity contribution in [1.29, 1.82) is 0 Å². The molecule has 1 heterocycles. The van der Waals surface area contributed by atoms with Gasteiger partial charge in [0.2, 0.25) is 0 Å². The van der Waals surface area contributed by atoms with Crippen LogP contribution >= 0.6 is 59.1 Å². The summed E-state index contributed by atoms with van der Waals surface area (Å²) in [7, 11) is 0. The first-order valence-electron chi connectivity index (χ1n) is 5.27. The van der Waals surface area contributed by atoms with E-state index in [0.717, 1.165) is 17.8 Å². The highest BCUT2D eigenvalue weighted by Gasteiger charge is 2.55. The first kappa shape index (κ1) is 11.2. The van der Waals surface area contributed by atoms with E-state index in [1.165, 1.54) is 32.4 Å². The molecule has 0 nitrogen and oxygen atoms in total. The molecular weight excluding hydrogens is 404 g/mol. The molecule has 0 bridgehead atoms. The summed E-state index contributed by atoms with van der Waals surface area (Å²) in [6.45, 7) is 0. The largest absolute Gasteiger partial charge is 0.121 e. The highest BCUT2D eigenvalue weighted by atomic mass is 79.9. The molecule has 3 rings (SSSR count). The van der Waals surface area contributed by atoms with Crippen LogP contribution in [0, 0.1) is 17.8 Å². The van der Waals surface area contributed by atoms with Crippen LogP contribution in [0.4, 0.5) is 0 Å². The Morgan fingerprint density at radius 2 is 1.93 bits per heavy atom. The quantitative estimate of drug-likeness (QED) is 0.540. The van der Waals surface area contributed by atoms with Gasteiger partial charge in [-0.15, -0.1) is 11.3 Å². The second-order valence-corrected chi connectivity index (χ2v) is 9.25. The van der Waals surface area contributed by atoms with Crippen LogP contribution in [0.3, 0.4) is 0 Å². The van der Waals surface area contributed by atoms with Crippen molar-refractivity contribution >= 4 is 59.1 Å². The summed E-state index contributed by atoms with van der Waals surface area (Å²) >= 11 is 12.9. The second kappa shape index (κ2) is 4.11. The van der Waals surface area contributed by atoms with Gasteiger partial charge < -0.3 is 0 Å². The van der Waals surface area contributed by atoms with Gasteiger partial charge in [-0.1, -0.05) is 22.4 Å². The van der Waals surface area contributed by atoms with Crippen LogP contribution in [0.2, 0.25) is 0 Å². The Bertz CT molecular complexity index is 377. The number of alkyl halides is 1. The average molecular weight is 415 g/mol.